The number of aromatic amines is 1. The molecule has 21 heavy (non-hydrogen) atoms. The minimum atomic E-state index is -1.17. The summed E-state index contributed by atoms with van der Waals surface area (Å²) in [6.07, 6.45) is -0.608. The van der Waals surface area contributed by atoms with Crippen LogP contribution in [0.3, 0.4) is 0 Å². The normalized spacial score (nSPS) is 25.0. The Kier molecular flexibility index (Phi) is 4.43. The second-order valence-corrected chi connectivity index (χ2v) is 4.99. The Hall–Kier alpha value is -2.13. The number of nitrogens with one attached hydrogen (secondary N) is 2. The van der Waals surface area contributed by atoms with Gasteiger partial charge in [-0.05, 0) is 13.3 Å². The highest BCUT2D eigenvalue weighted by molar-refractivity contribution is 5.64. The van der Waals surface area contributed by atoms with Gasteiger partial charge in [-0.15, -0.1) is 0 Å². The molecule has 1 aliphatic rings. The van der Waals surface area contributed by atoms with Crippen LogP contribution in [0.5, 0.6) is 0 Å². The Balaban J connectivity index is 2.30. The molecule has 0 radical (unpaired) electrons. The first-order valence-electron chi connectivity index (χ1n) is 6.47. The zero-order chi connectivity index (χ0) is 15.6. The number of carboxylic acid groups (broad SMARTS) is 1. The summed E-state index contributed by atoms with van der Waals surface area (Å²) in [4.78, 5) is 36.0. The molecule has 1 aromatic heterocycles. The van der Waals surface area contributed by atoms with Crippen molar-refractivity contribution in [2.45, 2.75) is 25.7 Å². The monoisotopic (exact) mass is 299 g/mol. The molecule has 0 aliphatic carbocycles. The molecule has 1 saturated heterocycles. The highest BCUT2D eigenvalue weighted by Crippen LogP contribution is 2.32. The highest BCUT2D eigenvalue weighted by atomic mass is 16.5. The van der Waals surface area contributed by atoms with Crippen molar-refractivity contribution in [1.82, 2.24) is 14.9 Å². The van der Waals surface area contributed by atoms with Crippen LogP contribution < -0.4 is 16.6 Å². The number of H-pyrrole nitrogens is 1. The number of rotatable bonds is 4. The topological polar surface area (TPSA) is 134 Å². The van der Waals surface area contributed by atoms with E-state index in [0.29, 0.717) is 12.0 Å². The summed E-state index contributed by atoms with van der Waals surface area (Å²) in [7, 11) is 0. The number of carbonyl (C=O) groups is 1. The molecule has 0 saturated carbocycles. The van der Waals surface area contributed by atoms with Crippen LogP contribution in [0, 0.1) is 12.8 Å². The lowest BCUT2D eigenvalue weighted by molar-refractivity contribution is -0.0351. The number of hydrogen-bond donors (Lipinski definition) is 4. The molecule has 0 aromatic carbocycles. The van der Waals surface area contributed by atoms with Crippen LogP contribution in [0.4, 0.5) is 4.79 Å². The molecule has 9 heteroatoms. The summed E-state index contributed by atoms with van der Waals surface area (Å²) in [5, 5.41) is 20.1. The van der Waals surface area contributed by atoms with Crippen LogP contribution in [0.25, 0.3) is 0 Å². The predicted molar refractivity (Wildman–Crippen MR) is 71.2 cm³/mol. The number of amides is 1. The van der Waals surface area contributed by atoms with Gasteiger partial charge in [0.15, 0.2) is 0 Å². The molecule has 0 spiro atoms. The third-order valence-corrected chi connectivity index (χ3v) is 3.44. The fourth-order valence-electron chi connectivity index (χ4n) is 2.41. The van der Waals surface area contributed by atoms with Crippen LogP contribution in [-0.4, -0.2) is 45.1 Å². The minimum absolute atomic E-state index is 0.0844. The van der Waals surface area contributed by atoms with Gasteiger partial charge >= 0.3 is 11.8 Å². The molecule has 1 aromatic rings. The maximum Gasteiger partial charge on any atom is 0.404 e. The van der Waals surface area contributed by atoms with Crippen molar-refractivity contribution in [3.05, 3.63) is 32.6 Å². The smallest absolute Gasteiger partial charge is 0.404 e. The molecule has 3 atom stereocenters. The van der Waals surface area contributed by atoms with Crippen LogP contribution in [0.1, 0.15) is 18.2 Å². The molecule has 116 valence electrons. The standard InChI is InChI=1S/C12H17N3O6/c1-6-4-15(11(18)14-9(6)17)10-7(3-13-12(19)20)2-8(5-16)21-10/h4,7-8,10,13,16H,2-3,5H2,1H3,(H,19,20)(H,14,17,18)/t7-,8-,10+/m0/s1. The van der Waals surface area contributed by atoms with E-state index in [1.165, 1.54) is 10.8 Å². The number of aromatic nitrogens is 2. The number of ether oxygens (including phenoxy) is 1. The Morgan fingerprint density at radius 1 is 1.57 bits per heavy atom. The van der Waals surface area contributed by atoms with Gasteiger partial charge in [-0.25, -0.2) is 9.59 Å². The molecular weight excluding hydrogens is 282 g/mol. The van der Waals surface area contributed by atoms with E-state index in [0.717, 1.165) is 0 Å². The van der Waals surface area contributed by atoms with Crippen molar-refractivity contribution in [2.24, 2.45) is 5.92 Å². The van der Waals surface area contributed by atoms with Gasteiger partial charge < -0.3 is 20.3 Å². The summed E-state index contributed by atoms with van der Waals surface area (Å²) < 4.78 is 6.80. The summed E-state index contributed by atoms with van der Waals surface area (Å²) in [6, 6.07) is 0. The van der Waals surface area contributed by atoms with Crippen LogP contribution in [0.15, 0.2) is 15.8 Å². The van der Waals surface area contributed by atoms with E-state index in [-0.39, 0.29) is 19.1 Å². The molecule has 0 unspecified atom stereocenters. The van der Waals surface area contributed by atoms with E-state index in [1.54, 1.807) is 6.92 Å². The Morgan fingerprint density at radius 2 is 2.29 bits per heavy atom. The van der Waals surface area contributed by atoms with Crippen molar-refractivity contribution in [3.8, 4) is 0 Å². The molecule has 1 aliphatic heterocycles. The third-order valence-electron chi connectivity index (χ3n) is 3.44. The van der Waals surface area contributed by atoms with Crippen LogP contribution in [0.2, 0.25) is 0 Å². The minimum Gasteiger partial charge on any atom is -0.465 e. The molecule has 1 fully saturated rings. The molecular formula is C12H17N3O6. The fraction of sp³-hybridized carbons (Fsp3) is 0.583. The SMILES string of the molecule is Cc1cn([C@@H]2O[C@H](CO)C[C@H]2CNC(=O)O)c(=O)[nH]c1=O. The number of nitrogens with zero attached hydrogens (tertiary/aromatic N) is 1. The fourth-order valence-corrected chi connectivity index (χ4v) is 2.41. The second-order valence-electron chi connectivity index (χ2n) is 4.99. The molecule has 9 nitrogen and oxygen atoms in total. The molecule has 4 N–H and O–H groups in total. The zero-order valence-corrected chi connectivity index (χ0v) is 11.4. The van der Waals surface area contributed by atoms with Gasteiger partial charge in [0.1, 0.15) is 6.23 Å². The summed E-state index contributed by atoms with van der Waals surface area (Å²) >= 11 is 0. The average Bonchev–Trinajstić information content (AvgIpc) is 2.83. The Bertz CT molecular complexity index is 637. The van der Waals surface area contributed by atoms with E-state index in [9.17, 15) is 19.5 Å². The van der Waals surface area contributed by atoms with Gasteiger partial charge in [-0.2, -0.15) is 0 Å². The number of aliphatic hydroxyl groups is 1. The molecule has 0 bridgehead atoms. The average molecular weight is 299 g/mol. The maximum atomic E-state index is 11.9. The van der Waals surface area contributed by atoms with Gasteiger partial charge in [0.05, 0.1) is 12.7 Å². The largest absolute Gasteiger partial charge is 0.465 e. The summed E-state index contributed by atoms with van der Waals surface area (Å²) in [5.74, 6) is -0.318. The van der Waals surface area contributed by atoms with Crippen molar-refractivity contribution < 1.29 is 19.7 Å². The first-order valence-corrected chi connectivity index (χ1v) is 6.47. The van der Waals surface area contributed by atoms with E-state index >= 15 is 0 Å². The van der Waals surface area contributed by atoms with Crippen LogP contribution >= 0.6 is 0 Å². The van der Waals surface area contributed by atoms with Crippen LogP contribution in [-0.2, 0) is 4.74 Å². The first kappa shape index (κ1) is 15.3. The van der Waals surface area contributed by atoms with E-state index in [4.69, 9.17) is 9.84 Å². The summed E-state index contributed by atoms with van der Waals surface area (Å²) in [5.41, 5.74) is -0.765. The lowest BCUT2D eigenvalue weighted by Gasteiger charge is -2.20. The van der Waals surface area contributed by atoms with E-state index in [2.05, 4.69) is 10.3 Å². The zero-order valence-electron chi connectivity index (χ0n) is 11.4. The van der Waals surface area contributed by atoms with Gasteiger partial charge in [-0.1, -0.05) is 0 Å². The lowest BCUT2D eigenvalue weighted by atomic mass is 10.0. The van der Waals surface area contributed by atoms with E-state index < -0.39 is 29.7 Å². The quantitative estimate of drug-likeness (QED) is 0.564. The van der Waals surface area contributed by atoms with Crippen molar-refractivity contribution >= 4 is 6.09 Å². The van der Waals surface area contributed by atoms with Crippen molar-refractivity contribution in [3.63, 3.8) is 0 Å². The summed E-state index contributed by atoms with van der Waals surface area (Å²) in [6.45, 7) is 1.41. The predicted octanol–water partition coefficient (Wildman–Crippen LogP) is -0.991. The maximum absolute atomic E-state index is 11.9. The number of hydrogen-bond acceptors (Lipinski definition) is 5. The Labute approximate surface area is 119 Å². The van der Waals surface area contributed by atoms with Crippen molar-refractivity contribution in [2.75, 3.05) is 13.2 Å². The van der Waals surface area contributed by atoms with Crippen molar-refractivity contribution in [1.29, 1.82) is 0 Å². The lowest BCUT2D eigenvalue weighted by Crippen LogP contribution is -2.38. The first-order chi connectivity index (χ1) is 9.92. The van der Waals surface area contributed by atoms with Gasteiger partial charge in [-0.3, -0.25) is 14.3 Å². The highest BCUT2D eigenvalue weighted by Gasteiger charge is 2.36. The molecule has 2 heterocycles. The molecule has 1 amide bonds. The van der Waals surface area contributed by atoms with Gasteiger partial charge in [0.25, 0.3) is 5.56 Å². The number of aliphatic hydroxyl groups excluding tert-OH is 1. The molecule has 2 rings (SSSR count). The van der Waals surface area contributed by atoms with Gasteiger partial charge in [0.2, 0.25) is 0 Å². The second kappa shape index (κ2) is 6.10. The third kappa shape index (κ3) is 3.31. The Morgan fingerprint density at radius 3 is 2.90 bits per heavy atom. The van der Waals surface area contributed by atoms with Gasteiger partial charge in [0, 0.05) is 24.2 Å². The number of aryl methyl sites for hydroxylation is 1. The van der Waals surface area contributed by atoms with E-state index in [1.807, 2.05) is 0 Å².